The van der Waals surface area contributed by atoms with Gasteiger partial charge in [0.05, 0.1) is 17.2 Å². The average molecular weight is 329 g/mol. The molecule has 1 aromatic heterocycles. The van der Waals surface area contributed by atoms with E-state index in [9.17, 15) is 4.79 Å². The minimum absolute atomic E-state index is 0.297. The normalized spacial score (nSPS) is 10.6. The molecule has 2 rings (SSSR count). The quantitative estimate of drug-likeness (QED) is 0.678. The summed E-state index contributed by atoms with van der Waals surface area (Å²) < 4.78 is 5.86. The van der Waals surface area contributed by atoms with Crippen LogP contribution in [0.25, 0.3) is 0 Å². The van der Waals surface area contributed by atoms with Crippen LogP contribution >= 0.6 is 34.7 Å². The molecule has 0 aliphatic carbocycles. The van der Waals surface area contributed by atoms with Crippen molar-refractivity contribution in [1.29, 1.82) is 0 Å². The summed E-state index contributed by atoms with van der Waals surface area (Å²) >= 11 is 9.05. The van der Waals surface area contributed by atoms with Crippen LogP contribution in [0.4, 0.5) is 5.69 Å². The number of nitrogens with zero attached hydrogens (tertiary/aromatic N) is 1. The summed E-state index contributed by atoms with van der Waals surface area (Å²) in [5.74, 6) is -0.433. The number of hydrogen-bond acceptors (Lipinski definition) is 6. The Balaban J connectivity index is 2.42. The van der Waals surface area contributed by atoms with Gasteiger partial charge in [-0.05, 0) is 26.0 Å². The van der Waals surface area contributed by atoms with Crippen LogP contribution in [0.2, 0.25) is 5.02 Å². The number of esters is 1. The third kappa shape index (κ3) is 3.45. The van der Waals surface area contributed by atoms with Crippen LogP contribution in [0.15, 0.2) is 26.7 Å². The van der Waals surface area contributed by atoms with Crippen LogP contribution in [-0.2, 0) is 4.74 Å². The highest BCUT2D eigenvalue weighted by Crippen LogP contribution is 2.39. The highest BCUT2D eigenvalue weighted by molar-refractivity contribution is 8.01. The maximum Gasteiger partial charge on any atom is 0.339 e. The van der Waals surface area contributed by atoms with Crippen LogP contribution in [-0.4, -0.2) is 17.6 Å². The number of rotatable bonds is 4. The first kappa shape index (κ1) is 15.2. The monoisotopic (exact) mass is 328 g/mol. The Hall–Kier alpha value is -1.24. The lowest BCUT2D eigenvalue weighted by Gasteiger charge is -2.10. The Labute approximate surface area is 130 Å². The lowest BCUT2D eigenvalue weighted by Crippen LogP contribution is -2.07. The molecule has 2 N–H and O–H groups in total. The molecule has 4 nitrogen and oxygen atoms in total. The number of carbonyl (C=O) groups excluding carboxylic acids is 1. The number of hydrogen-bond donors (Lipinski definition) is 1. The van der Waals surface area contributed by atoms with Crippen molar-refractivity contribution in [1.82, 2.24) is 4.98 Å². The second-order valence-corrected chi connectivity index (χ2v) is 6.48. The van der Waals surface area contributed by atoms with Gasteiger partial charge in [0.2, 0.25) is 0 Å². The number of ether oxygens (including phenoxy) is 1. The maximum absolute atomic E-state index is 12.0. The van der Waals surface area contributed by atoms with Gasteiger partial charge in [-0.3, -0.25) is 0 Å². The average Bonchev–Trinajstić information content (AvgIpc) is 2.78. The van der Waals surface area contributed by atoms with Crippen molar-refractivity contribution < 1.29 is 9.53 Å². The summed E-state index contributed by atoms with van der Waals surface area (Å²) in [5.41, 5.74) is 7.48. The van der Waals surface area contributed by atoms with Gasteiger partial charge in [0, 0.05) is 21.7 Å². The van der Waals surface area contributed by atoms with Gasteiger partial charge >= 0.3 is 5.97 Å². The van der Waals surface area contributed by atoms with Crippen LogP contribution in [0.3, 0.4) is 0 Å². The Morgan fingerprint density at radius 1 is 1.55 bits per heavy atom. The number of nitrogens with two attached hydrogens (primary N) is 1. The molecule has 0 fully saturated rings. The van der Waals surface area contributed by atoms with E-state index >= 15 is 0 Å². The molecule has 0 unspecified atom stereocenters. The van der Waals surface area contributed by atoms with Crippen molar-refractivity contribution >= 4 is 46.4 Å². The lowest BCUT2D eigenvalue weighted by atomic mass is 10.2. The number of thiazole rings is 1. The Bertz CT molecular complexity index is 643. The molecule has 0 aliphatic heterocycles. The first-order chi connectivity index (χ1) is 9.51. The second-order valence-electron chi connectivity index (χ2n) is 3.96. The van der Waals surface area contributed by atoms with Crippen molar-refractivity contribution in [3.05, 3.63) is 33.8 Å². The molecule has 106 valence electrons. The minimum Gasteiger partial charge on any atom is -0.462 e. The summed E-state index contributed by atoms with van der Waals surface area (Å²) in [6, 6.07) is 3.19. The molecule has 1 heterocycles. The van der Waals surface area contributed by atoms with Crippen LogP contribution in [0.1, 0.15) is 23.0 Å². The fraction of sp³-hybridized carbons (Fsp3) is 0.231. The number of carbonyl (C=O) groups is 1. The number of nitrogen functional groups attached to an aromatic ring is 1. The van der Waals surface area contributed by atoms with Gasteiger partial charge in [0.25, 0.3) is 0 Å². The predicted molar refractivity (Wildman–Crippen MR) is 82.8 cm³/mol. The van der Waals surface area contributed by atoms with Gasteiger partial charge in [-0.2, -0.15) is 0 Å². The number of aryl methyl sites for hydroxylation is 1. The molecular weight excluding hydrogens is 316 g/mol. The number of aromatic nitrogens is 1. The highest BCUT2D eigenvalue weighted by Gasteiger charge is 2.19. The van der Waals surface area contributed by atoms with E-state index in [1.807, 2.05) is 12.3 Å². The molecule has 7 heteroatoms. The van der Waals surface area contributed by atoms with E-state index in [0.29, 0.717) is 27.8 Å². The summed E-state index contributed by atoms with van der Waals surface area (Å²) in [5, 5.41) is 2.36. The molecule has 1 aromatic carbocycles. The maximum atomic E-state index is 12.0. The molecule has 0 saturated carbocycles. The van der Waals surface area contributed by atoms with E-state index < -0.39 is 5.97 Å². The molecule has 0 spiro atoms. The molecule has 0 radical (unpaired) electrons. The van der Waals surface area contributed by atoms with E-state index in [1.165, 1.54) is 23.1 Å². The third-order valence-corrected chi connectivity index (χ3v) is 4.96. The van der Waals surface area contributed by atoms with Gasteiger partial charge in [0.1, 0.15) is 0 Å². The molecular formula is C13H13ClN2O2S2. The van der Waals surface area contributed by atoms with Gasteiger partial charge in [-0.1, -0.05) is 23.4 Å². The third-order valence-electron chi connectivity index (χ3n) is 2.35. The standard InChI is InChI=1S/C13H13ClN2O2S2/c1-3-18-12(17)9-4-8(15)5-10(14)11(9)20-13-16-7(2)6-19-13/h4-6H,3,15H2,1-2H3. The molecule has 0 atom stereocenters. The SMILES string of the molecule is CCOC(=O)c1cc(N)cc(Cl)c1Sc1nc(C)cs1. The minimum atomic E-state index is -0.433. The van der Waals surface area contributed by atoms with Crippen molar-refractivity contribution in [2.24, 2.45) is 0 Å². The van der Waals surface area contributed by atoms with Gasteiger partial charge in [0.15, 0.2) is 4.34 Å². The lowest BCUT2D eigenvalue weighted by molar-refractivity contribution is 0.0522. The summed E-state index contributed by atoms with van der Waals surface area (Å²) in [6.07, 6.45) is 0. The van der Waals surface area contributed by atoms with E-state index in [0.717, 1.165) is 10.0 Å². The smallest absolute Gasteiger partial charge is 0.339 e. The second kappa shape index (κ2) is 6.47. The first-order valence-corrected chi connectivity index (χ1v) is 7.94. The zero-order chi connectivity index (χ0) is 14.7. The Morgan fingerprint density at radius 3 is 2.90 bits per heavy atom. The van der Waals surface area contributed by atoms with Crippen molar-refractivity contribution in [3.8, 4) is 0 Å². The first-order valence-electron chi connectivity index (χ1n) is 5.87. The van der Waals surface area contributed by atoms with Gasteiger partial charge < -0.3 is 10.5 Å². The van der Waals surface area contributed by atoms with Crippen molar-refractivity contribution in [2.45, 2.75) is 23.1 Å². The van der Waals surface area contributed by atoms with Crippen molar-refractivity contribution in [2.75, 3.05) is 12.3 Å². The fourth-order valence-electron chi connectivity index (χ4n) is 1.55. The number of halogens is 1. The zero-order valence-electron chi connectivity index (χ0n) is 11.0. The topological polar surface area (TPSA) is 65.2 Å². The van der Waals surface area contributed by atoms with Gasteiger partial charge in [-0.25, -0.2) is 9.78 Å². The Kier molecular flexibility index (Phi) is 4.91. The van der Waals surface area contributed by atoms with Gasteiger partial charge in [-0.15, -0.1) is 11.3 Å². The molecule has 20 heavy (non-hydrogen) atoms. The molecule has 0 saturated heterocycles. The largest absolute Gasteiger partial charge is 0.462 e. The van der Waals surface area contributed by atoms with E-state index in [2.05, 4.69) is 4.98 Å². The number of anilines is 1. The summed E-state index contributed by atoms with van der Waals surface area (Å²) in [7, 11) is 0. The molecule has 0 aliphatic rings. The highest BCUT2D eigenvalue weighted by atomic mass is 35.5. The molecule has 0 amide bonds. The predicted octanol–water partition coefficient (Wildman–Crippen LogP) is 4.02. The summed E-state index contributed by atoms with van der Waals surface area (Å²) in [4.78, 5) is 17.0. The fourth-order valence-corrected chi connectivity index (χ4v) is 3.77. The Morgan fingerprint density at radius 2 is 2.30 bits per heavy atom. The van der Waals surface area contributed by atoms with E-state index in [4.69, 9.17) is 22.1 Å². The number of benzene rings is 1. The van der Waals surface area contributed by atoms with Crippen LogP contribution < -0.4 is 5.73 Å². The zero-order valence-corrected chi connectivity index (χ0v) is 13.4. The summed E-state index contributed by atoms with van der Waals surface area (Å²) in [6.45, 7) is 3.96. The molecule has 2 aromatic rings. The molecule has 0 bridgehead atoms. The van der Waals surface area contributed by atoms with Crippen LogP contribution in [0, 0.1) is 6.92 Å². The van der Waals surface area contributed by atoms with Crippen molar-refractivity contribution in [3.63, 3.8) is 0 Å². The van der Waals surface area contributed by atoms with Crippen LogP contribution in [0.5, 0.6) is 0 Å². The van der Waals surface area contributed by atoms with E-state index in [1.54, 1.807) is 19.1 Å². The van der Waals surface area contributed by atoms with E-state index in [-0.39, 0.29) is 0 Å².